The molecule has 1 heteroatoms. The van der Waals surface area contributed by atoms with Crippen molar-refractivity contribution in [2.75, 3.05) is 6.61 Å². The van der Waals surface area contributed by atoms with E-state index in [-0.39, 0.29) is 0 Å². The monoisotopic (exact) mass is 184 g/mol. The minimum absolute atomic E-state index is 0.562. The van der Waals surface area contributed by atoms with Crippen LogP contribution in [0.25, 0.3) is 0 Å². The highest BCUT2D eigenvalue weighted by atomic mass is 16.5. The van der Waals surface area contributed by atoms with Gasteiger partial charge in [-0.2, -0.15) is 0 Å². The van der Waals surface area contributed by atoms with Crippen LogP contribution in [0.2, 0.25) is 0 Å². The Bertz CT molecular complexity index is 381. The lowest BCUT2D eigenvalue weighted by Crippen LogP contribution is -1.98. The van der Waals surface area contributed by atoms with Gasteiger partial charge in [0, 0.05) is 0 Å². The SMILES string of the molecule is C#Cc1cc(C)cc(C#C)c1OCC. The van der Waals surface area contributed by atoms with Gasteiger partial charge in [-0.25, -0.2) is 0 Å². The minimum atomic E-state index is 0.562. The Morgan fingerprint density at radius 2 is 1.71 bits per heavy atom. The first-order valence-corrected chi connectivity index (χ1v) is 4.43. The first-order chi connectivity index (χ1) is 6.72. The van der Waals surface area contributed by atoms with Gasteiger partial charge in [0.15, 0.2) is 0 Å². The van der Waals surface area contributed by atoms with Gasteiger partial charge < -0.3 is 4.74 Å². The third-order valence-electron chi connectivity index (χ3n) is 1.83. The van der Waals surface area contributed by atoms with E-state index in [4.69, 9.17) is 17.6 Å². The summed E-state index contributed by atoms with van der Waals surface area (Å²) in [5.41, 5.74) is 2.49. The molecule has 0 unspecified atom stereocenters. The smallest absolute Gasteiger partial charge is 0.150 e. The highest BCUT2D eigenvalue weighted by Crippen LogP contribution is 2.24. The fourth-order valence-corrected chi connectivity index (χ4v) is 1.29. The molecule has 0 fully saturated rings. The van der Waals surface area contributed by atoms with Crippen LogP contribution in [0.4, 0.5) is 0 Å². The van der Waals surface area contributed by atoms with Gasteiger partial charge >= 0.3 is 0 Å². The Hall–Kier alpha value is -1.86. The summed E-state index contributed by atoms with van der Waals surface area (Å²) in [4.78, 5) is 0. The van der Waals surface area contributed by atoms with Crippen molar-refractivity contribution in [2.45, 2.75) is 13.8 Å². The second-order valence-electron chi connectivity index (χ2n) is 2.91. The zero-order valence-electron chi connectivity index (χ0n) is 8.42. The molecule has 0 radical (unpaired) electrons. The highest BCUT2D eigenvalue weighted by Gasteiger charge is 2.07. The van der Waals surface area contributed by atoms with Crippen LogP contribution in [0.1, 0.15) is 23.6 Å². The normalized spacial score (nSPS) is 8.86. The molecule has 1 rings (SSSR count). The maximum absolute atomic E-state index is 5.42. The van der Waals surface area contributed by atoms with E-state index in [9.17, 15) is 0 Å². The first kappa shape index (κ1) is 10.2. The van der Waals surface area contributed by atoms with Crippen molar-refractivity contribution < 1.29 is 4.74 Å². The molecule has 0 aliphatic rings. The van der Waals surface area contributed by atoms with Gasteiger partial charge in [0.25, 0.3) is 0 Å². The maximum Gasteiger partial charge on any atom is 0.150 e. The summed E-state index contributed by atoms with van der Waals surface area (Å²) in [6.45, 7) is 4.42. The molecule has 1 aromatic rings. The fourth-order valence-electron chi connectivity index (χ4n) is 1.29. The number of ether oxygens (including phenoxy) is 1. The Morgan fingerprint density at radius 3 is 2.07 bits per heavy atom. The number of hydrogen-bond acceptors (Lipinski definition) is 1. The zero-order valence-corrected chi connectivity index (χ0v) is 8.42. The number of terminal acetylenes is 2. The molecule has 0 spiro atoms. The summed E-state index contributed by atoms with van der Waals surface area (Å²) < 4.78 is 5.42. The topological polar surface area (TPSA) is 9.23 Å². The quantitative estimate of drug-likeness (QED) is 0.641. The van der Waals surface area contributed by atoms with Crippen molar-refractivity contribution in [1.82, 2.24) is 0 Å². The standard InChI is InChI=1S/C13H12O/c1-5-11-8-10(4)9-12(6-2)13(11)14-7-3/h1-2,8-9H,7H2,3-4H3. The van der Waals surface area contributed by atoms with Crippen LogP contribution in [0.3, 0.4) is 0 Å². The van der Waals surface area contributed by atoms with E-state index < -0.39 is 0 Å². The first-order valence-electron chi connectivity index (χ1n) is 4.43. The van der Waals surface area contributed by atoms with Crippen LogP contribution in [0, 0.1) is 31.6 Å². The summed E-state index contributed by atoms with van der Waals surface area (Å²) >= 11 is 0. The van der Waals surface area contributed by atoms with Crippen molar-refractivity contribution >= 4 is 0 Å². The second-order valence-corrected chi connectivity index (χ2v) is 2.91. The molecule has 70 valence electrons. The van der Waals surface area contributed by atoms with Crippen LogP contribution in [0.15, 0.2) is 12.1 Å². The molecule has 0 bridgehead atoms. The second kappa shape index (κ2) is 4.40. The summed E-state index contributed by atoms with van der Waals surface area (Å²) in [7, 11) is 0. The minimum Gasteiger partial charge on any atom is -0.491 e. The van der Waals surface area contributed by atoms with Gasteiger partial charge in [-0.1, -0.05) is 11.8 Å². The molecule has 0 aromatic heterocycles. The van der Waals surface area contributed by atoms with Gasteiger partial charge in [-0.3, -0.25) is 0 Å². The molecule has 0 atom stereocenters. The zero-order chi connectivity index (χ0) is 10.6. The van der Waals surface area contributed by atoms with E-state index in [1.807, 2.05) is 26.0 Å². The van der Waals surface area contributed by atoms with Crippen molar-refractivity contribution in [3.8, 4) is 30.4 Å². The molecule has 0 amide bonds. The van der Waals surface area contributed by atoms with E-state index in [0.717, 1.165) is 16.7 Å². The van der Waals surface area contributed by atoms with E-state index in [1.54, 1.807) is 0 Å². The average molecular weight is 184 g/mol. The van der Waals surface area contributed by atoms with Gasteiger partial charge in [-0.05, 0) is 31.5 Å². The summed E-state index contributed by atoms with van der Waals surface area (Å²) in [6, 6.07) is 3.79. The lowest BCUT2D eigenvalue weighted by molar-refractivity contribution is 0.338. The number of aryl methyl sites for hydroxylation is 1. The van der Waals surface area contributed by atoms with Crippen LogP contribution in [0.5, 0.6) is 5.75 Å². The van der Waals surface area contributed by atoms with Crippen LogP contribution >= 0.6 is 0 Å². The predicted octanol–water partition coefficient (Wildman–Crippen LogP) is 2.36. The number of benzene rings is 1. The Labute approximate surface area is 85.1 Å². The third-order valence-corrected chi connectivity index (χ3v) is 1.83. The van der Waals surface area contributed by atoms with Crippen LogP contribution < -0.4 is 4.74 Å². The maximum atomic E-state index is 5.42. The molecule has 0 aliphatic carbocycles. The molecule has 1 aromatic carbocycles. The molecule has 0 aliphatic heterocycles. The summed E-state index contributed by atoms with van der Waals surface area (Å²) in [5.74, 6) is 5.79. The Kier molecular flexibility index (Phi) is 3.21. The molecule has 14 heavy (non-hydrogen) atoms. The fraction of sp³-hybridized carbons (Fsp3) is 0.231. The predicted molar refractivity (Wildman–Crippen MR) is 58.2 cm³/mol. The highest BCUT2D eigenvalue weighted by molar-refractivity contribution is 5.57. The number of rotatable bonds is 2. The van der Waals surface area contributed by atoms with Gasteiger partial charge in [0.05, 0.1) is 17.7 Å². The molecule has 0 saturated carbocycles. The molecular weight excluding hydrogens is 172 g/mol. The molecule has 1 nitrogen and oxygen atoms in total. The van der Waals surface area contributed by atoms with Gasteiger partial charge in [-0.15, -0.1) is 12.8 Å². The van der Waals surface area contributed by atoms with Crippen LogP contribution in [-0.4, -0.2) is 6.61 Å². The van der Waals surface area contributed by atoms with Crippen LogP contribution in [-0.2, 0) is 0 Å². The third kappa shape index (κ3) is 1.90. The molecule has 0 N–H and O–H groups in total. The van der Waals surface area contributed by atoms with E-state index in [0.29, 0.717) is 12.4 Å². The van der Waals surface area contributed by atoms with Crippen molar-refractivity contribution in [2.24, 2.45) is 0 Å². The van der Waals surface area contributed by atoms with Gasteiger partial charge in [0.1, 0.15) is 5.75 Å². The number of hydrogen-bond donors (Lipinski definition) is 0. The van der Waals surface area contributed by atoms with Crippen molar-refractivity contribution in [3.05, 3.63) is 28.8 Å². The molecular formula is C13H12O. The Morgan fingerprint density at radius 1 is 1.21 bits per heavy atom. The van der Waals surface area contributed by atoms with Crippen molar-refractivity contribution in [1.29, 1.82) is 0 Å². The summed E-state index contributed by atoms with van der Waals surface area (Å²) in [5, 5.41) is 0. The lowest BCUT2D eigenvalue weighted by atomic mass is 10.1. The Balaban J connectivity index is 3.36. The van der Waals surface area contributed by atoms with E-state index >= 15 is 0 Å². The van der Waals surface area contributed by atoms with E-state index in [1.165, 1.54) is 0 Å². The van der Waals surface area contributed by atoms with Crippen molar-refractivity contribution in [3.63, 3.8) is 0 Å². The largest absolute Gasteiger partial charge is 0.491 e. The average Bonchev–Trinajstić information content (AvgIpc) is 2.20. The van der Waals surface area contributed by atoms with Gasteiger partial charge in [0.2, 0.25) is 0 Å². The molecule has 0 saturated heterocycles. The lowest BCUT2D eigenvalue weighted by Gasteiger charge is -2.09. The summed E-state index contributed by atoms with van der Waals surface area (Å²) in [6.07, 6.45) is 10.7. The molecule has 0 heterocycles. The van der Waals surface area contributed by atoms with E-state index in [2.05, 4.69) is 11.8 Å².